The van der Waals surface area contributed by atoms with Gasteiger partial charge in [-0.25, -0.2) is 0 Å². The largest absolute Gasteiger partial charge is 0.418 e. The van der Waals surface area contributed by atoms with Crippen LogP contribution in [0.1, 0.15) is 11.1 Å². The minimum Gasteiger partial charge on any atom is -0.360 e. The summed E-state index contributed by atoms with van der Waals surface area (Å²) in [6.45, 7) is 5.39. The highest BCUT2D eigenvalue weighted by Crippen LogP contribution is 2.34. The van der Waals surface area contributed by atoms with Crippen LogP contribution < -0.4 is 15.1 Å². The summed E-state index contributed by atoms with van der Waals surface area (Å²) in [6, 6.07) is 13.2. The monoisotopic (exact) mass is 378 g/mol. The highest BCUT2D eigenvalue weighted by molar-refractivity contribution is 5.92. The third-order valence-corrected chi connectivity index (χ3v) is 4.84. The molecule has 0 atom stereocenters. The van der Waals surface area contributed by atoms with Gasteiger partial charge in [0.05, 0.1) is 37.4 Å². The van der Waals surface area contributed by atoms with Gasteiger partial charge in [-0.15, -0.1) is 0 Å². The Bertz CT molecular complexity index is 799. The van der Waals surface area contributed by atoms with Crippen molar-refractivity contribution in [2.24, 2.45) is 0 Å². The molecule has 2 aromatic carbocycles. The van der Waals surface area contributed by atoms with Crippen LogP contribution in [0.2, 0.25) is 0 Å². The van der Waals surface area contributed by atoms with Gasteiger partial charge in [0.25, 0.3) is 5.91 Å². The van der Waals surface area contributed by atoms with E-state index in [-0.39, 0.29) is 12.2 Å². The van der Waals surface area contributed by atoms with Gasteiger partial charge >= 0.3 is 6.18 Å². The van der Waals surface area contributed by atoms with Crippen molar-refractivity contribution < 1.29 is 22.9 Å². The maximum Gasteiger partial charge on any atom is 0.418 e. The van der Waals surface area contributed by atoms with E-state index in [1.807, 2.05) is 12.1 Å². The van der Waals surface area contributed by atoms with E-state index in [2.05, 4.69) is 29.3 Å². The van der Waals surface area contributed by atoms with E-state index in [0.29, 0.717) is 0 Å². The number of nitrogens with one attached hydrogen (secondary N) is 2. The first-order valence-corrected chi connectivity index (χ1v) is 8.95. The van der Waals surface area contributed by atoms with Gasteiger partial charge in [-0.3, -0.25) is 4.79 Å². The molecule has 2 N–H and O–H groups in total. The van der Waals surface area contributed by atoms with E-state index in [0.717, 1.165) is 37.1 Å². The quantitative estimate of drug-likeness (QED) is 0.857. The number of hydrogen-bond donors (Lipinski definition) is 2. The molecule has 1 fully saturated rings. The smallest absolute Gasteiger partial charge is 0.360 e. The number of para-hydroxylation sites is 2. The topological polar surface area (TPSA) is 36.8 Å². The Kier molecular flexibility index (Phi) is 5.70. The fourth-order valence-corrected chi connectivity index (χ4v) is 3.42. The summed E-state index contributed by atoms with van der Waals surface area (Å²) in [7, 11) is 0. The molecule has 3 rings (SSSR count). The Balaban J connectivity index is 1.56. The maximum atomic E-state index is 13.0. The highest BCUT2D eigenvalue weighted by atomic mass is 19.4. The molecule has 0 spiro atoms. The fourth-order valence-electron chi connectivity index (χ4n) is 3.42. The van der Waals surface area contributed by atoms with E-state index in [1.54, 1.807) is 0 Å². The first kappa shape index (κ1) is 19.2. The van der Waals surface area contributed by atoms with Crippen molar-refractivity contribution in [3.8, 4) is 0 Å². The Labute approximate surface area is 156 Å². The summed E-state index contributed by atoms with van der Waals surface area (Å²) in [6.07, 6.45) is -4.49. The molecule has 0 aliphatic carbocycles. The predicted octanol–water partition coefficient (Wildman–Crippen LogP) is 2.36. The van der Waals surface area contributed by atoms with Crippen LogP contribution in [0.25, 0.3) is 0 Å². The number of anilines is 2. The minimum atomic E-state index is -4.49. The van der Waals surface area contributed by atoms with Gasteiger partial charge < -0.3 is 15.1 Å². The van der Waals surface area contributed by atoms with E-state index in [1.165, 1.54) is 29.4 Å². The van der Waals surface area contributed by atoms with Gasteiger partial charge in [0.15, 0.2) is 6.54 Å². The lowest BCUT2D eigenvalue weighted by molar-refractivity contribution is -0.892. The van der Waals surface area contributed by atoms with Crippen LogP contribution in [0.15, 0.2) is 48.5 Å². The Morgan fingerprint density at radius 3 is 2.37 bits per heavy atom. The number of nitrogens with zero attached hydrogens (tertiary/aromatic N) is 1. The summed E-state index contributed by atoms with van der Waals surface area (Å²) in [4.78, 5) is 15.6. The lowest BCUT2D eigenvalue weighted by atomic mass is 10.1. The van der Waals surface area contributed by atoms with Crippen LogP contribution in [-0.2, 0) is 11.0 Å². The predicted molar refractivity (Wildman–Crippen MR) is 99.0 cm³/mol. The SMILES string of the molecule is Cc1ccccc1N1CC[NH+](CC(=O)Nc2ccccc2C(F)(F)F)CC1. The summed E-state index contributed by atoms with van der Waals surface area (Å²) in [5.74, 6) is -0.397. The molecular formula is C20H23F3N3O+. The molecule has 0 radical (unpaired) electrons. The van der Waals surface area contributed by atoms with Crippen molar-refractivity contribution in [3.63, 3.8) is 0 Å². The van der Waals surface area contributed by atoms with Crippen LogP contribution in [0.5, 0.6) is 0 Å². The summed E-state index contributed by atoms with van der Waals surface area (Å²) in [5, 5.41) is 2.42. The number of aryl methyl sites for hydroxylation is 1. The van der Waals surface area contributed by atoms with Gasteiger partial charge in [-0.05, 0) is 30.7 Å². The molecule has 1 amide bonds. The number of amides is 1. The average Bonchev–Trinajstić information content (AvgIpc) is 2.62. The zero-order valence-electron chi connectivity index (χ0n) is 15.1. The highest BCUT2D eigenvalue weighted by Gasteiger charge is 2.34. The molecule has 1 aliphatic heterocycles. The van der Waals surface area contributed by atoms with Crippen LogP contribution >= 0.6 is 0 Å². The number of halogens is 3. The second-order valence-electron chi connectivity index (χ2n) is 6.79. The van der Waals surface area contributed by atoms with Crippen molar-refractivity contribution in [2.45, 2.75) is 13.1 Å². The normalized spacial score (nSPS) is 15.6. The minimum absolute atomic E-state index is 0.161. The molecule has 1 aliphatic rings. The van der Waals surface area contributed by atoms with Crippen LogP contribution in [0.3, 0.4) is 0 Å². The van der Waals surface area contributed by atoms with E-state index < -0.39 is 17.6 Å². The number of carbonyl (C=O) groups excluding carboxylic acids is 1. The second-order valence-corrected chi connectivity index (χ2v) is 6.79. The van der Waals surface area contributed by atoms with Gasteiger partial charge in [0.1, 0.15) is 0 Å². The fraction of sp³-hybridized carbons (Fsp3) is 0.350. The van der Waals surface area contributed by atoms with Crippen molar-refractivity contribution in [1.82, 2.24) is 0 Å². The first-order chi connectivity index (χ1) is 12.8. The molecule has 144 valence electrons. The third-order valence-electron chi connectivity index (χ3n) is 4.84. The molecule has 27 heavy (non-hydrogen) atoms. The van der Waals surface area contributed by atoms with E-state index in [9.17, 15) is 18.0 Å². The van der Waals surface area contributed by atoms with Crippen molar-refractivity contribution in [2.75, 3.05) is 42.9 Å². The number of piperazine rings is 1. The number of alkyl halides is 3. The second kappa shape index (κ2) is 8.00. The molecule has 0 aromatic heterocycles. The third kappa shape index (κ3) is 4.80. The number of carbonyl (C=O) groups is 1. The molecule has 0 saturated carbocycles. The Hall–Kier alpha value is -2.54. The first-order valence-electron chi connectivity index (χ1n) is 8.95. The molecular weight excluding hydrogens is 355 g/mol. The van der Waals surface area contributed by atoms with E-state index >= 15 is 0 Å². The van der Waals surface area contributed by atoms with E-state index in [4.69, 9.17) is 0 Å². The summed E-state index contributed by atoms with van der Waals surface area (Å²) < 4.78 is 39.1. The van der Waals surface area contributed by atoms with Crippen LogP contribution in [0.4, 0.5) is 24.5 Å². The Morgan fingerprint density at radius 2 is 1.70 bits per heavy atom. The lowest BCUT2D eigenvalue weighted by Gasteiger charge is -2.34. The van der Waals surface area contributed by atoms with Crippen molar-refractivity contribution in [1.29, 1.82) is 0 Å². The van der Waals surface area contributed by atoms with Crippen molar-refractivity contribution in [3.05, 3.63) is 59.7 Å². The molecule has 7 heteroatoms. The standard InChI is InChI=1S/C20H22F3N3O/c1-15-6-2-5-9-18(15)26-12-10-25(11-13-26)14-19(27)24-17-8-4-3-7-16(17)20(21,22)23/h2-9H,10-14H2,1H3,(H,24,27)/p+1. The Morgan fingerprint density at radius 1 is 1.07 bits per heavy atom. The number of hydrogen-bond acceptors (Lipinski definition) is 2. The average molecular weight is 378 g/mol. The van der Waals surface area contributed by atoms with Gasteiger partial charge in [-0.1, -0.05) is 30.3 Å². The molecule has 0 unspecified atom stereocenters. The van der Waals surface area contributed by atoms with Gasteiger partial charge in [-0.2, -0.15) is 13.2 Å². The molecule has 2 aromatic rings. The van der Waals surface area contributed by atoms with Gasteiger partial charge in [0.2, 0.25) is 0 Å². The zero-order valence-corrected chi connectivity index (χ0v) is 15.1. The van der Waals surface area contributed by atoms with Gasteiger partial charge in [0, 0.05) is 5.69 Å². The van der Waals surface area contributed by atoms with Crippen LogP contribution in [0, 0.1) is 6.92 Å². The molecule has 1 heterocycles. The lowest BCUT2D eigenvalue weighted by Crippen LogP contribution is -3.15. The zero-order chi connectivity index (χ0) is 19.4. The summed E-state index contributed by atoms with van der Waals surface area (Å²) in [5.41, 5.74) is 1.40. The molecule has 4 nitrogen and oxygen atoms in total. The molecule has 0 bridgehead atoms. The number of rotatable bonds is 4. The number of quaternary nitrogens is 1. The number of benzene rings is 2. The van der Waals surface area contributed by atoms with Crippen molar-refractivity contribution >= 4 is 17.3 Å². The van der Waals surface area contributed by atoms with Crippen LogP contribution in [-0.4, -0.2) is 38.6 Å². The maximum absolute atomic E-state index is 13.0. The molecule has 1 saturated heterocycles. The summed E-state index contributed by atoms with van der Waals surface area (Å²) >= 11 is 0.